The number of pyridine rings is 1. The van der Waals surface area contributed by atoms with Crippen molar-refractivity contribution in [3.8, 4) is 11.1 Å². The van der Waals surface area contributed by atoms with E-state index in [4.69, 9.17) is 0 Å². The average Bonchev–Trinajstić information content (AvgIpc) is 3.40. The first-order valence-corrected chi connectivity index (χ1v) is 18.9. The first-order valence-electron chi connectivity index (χ1n) is 14.8. The van der Waals surface area contributed by atoms with Crippen LogP contribution in [0.2, 0.25) is 0 Å². The van der Waals surface area contributed by atoms with Gasteiger partial charge in [0.25, 0.3) is 15.6 Å². The number of sulfonamides is 1. The molecule has 1 aliphatic heterocycles. The van der Waals surface area contributed by atoms with Crippen LogP contribution in [0.25, 0.3) is 22.0 Å². The predicted octanol–water partition coefficient (Wildman–Crippen LogP) is 3.53. The number of hydrogen-bond donors (Lipinski definition) is 0. The van der Waals surface area contributed by atoms with Gasteiger partial charge in [0.1, 0.15) is 5.52 Å². The zero-order chi connectivity index (χ0) is 32.3. The minimum atomic E-state index is -4.09. The van der Waals surface area contributed by atoms with Crippen LogP contribution in [0.1, 0.15) is 37.3 Å². The van der Waals surface area contributed by atoms with Crippen LogP contribution >= 0.6 is 0 Å². The van der Waals surface area contributed by atoms with Gasteiger partial charge in [-0.15, -0.1) is 3.71 Å². The Morgan fingerprint density at radius 2 is 1.71 bits per heavy atom. The van der Waals surface area contributed by atoms with Crippen LogP contribution in [-0.2, 0) is 44.8 Å². The van der Waals surface area contributed by atoms with E-state index in [0.29, 0.717) is 25.6 Å². The third kappa shape index (κ3) is 5.78. The Hall–Kier alpha value is -3.30. The standard InChI is InChI=1S/C31H36N4O7S3/c1-4-44(39,40)35(43(37)38)17-11-23-7-10-28(33-18-15-31(21-33)13-14-31)26(19-23)27-20-32(3)30(36)29-25(27)12-16-34(29)45(41,42)24-8-5-22(2)6-9-24/h5-10,12,16,19-20H,4,11,13-15,17-18,21H2,1-3H3,(H,37,38)/p-1. The highest BCUT2D eigenvalue weighted by Gasteiger charge is 2.48. The highest BCUT2D eigenvalue weighted by molar-refractivity contribution is 7.99. The third-order valence-corrected chi connectivity index (χ3v) is 13.9. The lowest BCUT2D eigenvalue weighted by molar-refractivity contribution is 0.465. The van der Waals surface area contributed by atoms with E-state index in [1.807, 2.05) is 25.1 Å². The summed E-state index contributed by atoms with van der Waals surface area (Å²) >= 11 is -2.95. The maximum atomic E-state index is 13.8. The lowest BCUT2D eigenvalue weighted by Crippen LogP contribution is -2.35. The van der Waals surface area contributed by atoms with E-state index in [1.54, 1.807) is 31.4 Å². The van der Waals surface area contributed by atoms with Crippen molar-refractivity contribution in [2.45, 2.75) is 44.4 Å². The largest absolute Gasteiger partial charge is 0.759 e. The summed E-state index contributed by atoms with van der Waals surface area (Å²) < 4.78 is 78.8. The summed E-state index contributed by atoms with van der Waals surface area (Å²) in [5, 5.41) is 0.461. The number of anilines is 1. The molecule has 2 aromatic carbocycles. The fourth-order valence-corrected chi connectivity index (χ4v) is 9.50. The first kappa shape index (κ1) is 31.7. The Labute approximate surface area is 265 Å². The summed E-state index contributed by atoms with van der Waals surface area (Å²) in [6.45, 7) is 4.73. The predicted molar refractivity (Wildman–Crippen MR) is 174 cm³/mol. The number of aromatic nitrogens is 2. The van der Waals surface area contributed by atoms with Gasteiger partial charge in [-0.3, -0.25) is 9.00 Å². The Morgan fingerprint density at radius 1 is 1.00 bits per heavy atom. The summed E-state index contributed by atoms with van der Waals surface area (Å²) in [6, 6.07) is 13.8. The summed E-state index contributed by atoms with van der Waals surface area (Å²) in [7, 11) is -6.49. The maximum absolute atomic E-state index is 13.8. The van der Waals surface area contributed by atoms with Crippen molar-refractivity contribution in [2.75, 3.05) is 30.3 Å². The van der Waals surface area contributed by atoms with Gasteiger partial charge in [0.2, 0.25) is 10.0 Å². The van der Waals surface area contributed by atoms with Gasteiger partial charge in [0.05, 0.1) is 10.6 Å². The van der Waals surface area contributed by atoms with Gasteiger partial charge in [0, 0.05) is 72.5 Å². The average molecular weight is 672 g/mol. The summed E-state index contributed by atoms with van der Waals surface area (Å²) in [4.78, 5) is 15.9. The van der Waals surface area contributed by atoms with Gasteiger partial charge < -0.3 is 14.0 Å². The third-order valence-electron chi connectivity index (χ3n) is 9.08. The first-order chi connectivity index (χ1) is 21.3. The Balaban J connectivity index is 1.49. The molecule has 2 aliphatic rings. The topological polar surface area (TPSA) is 142 Å². The lowest BCUT2D eigenvalue weighted by Gasteiger charge is -2.25. The lowest BCUT2D eigenvalue weighted by atomic mass is 9.97. The van der Waals surface area contributed by atoms with E-state index in [1.165, 1.54) is 42.7 Å². The SMILES string of the molecule is CCS(=O)(=O)N(CCc1ccc(N2CCC3(CC3)C2)c(-c2cn(C)c(=O)c3c2ccn3S(=O)(=O)c2ccc(C)cc2)c1)S(=O)[O-]. The molecule has 240 valence electrons. The zero-order valence-corrected chi connectivity index (χ0v) is 27.8. The van der Waals surface area contributed by atoms with Gasteiger partial charge in [-0.05, 0) is 80.8 Å². The molecule has 1 atom stereocenters. The van der Waals surface area contributed by atoms with E-state index < -0.39 is 36.9 Å². The number of nitrogens with zero attached hydrogens (tertiary/aromatic N) is 4. The van der Waals surface area contributed by atoms with Crippen molar-refractivity contribution >= 4 is 47.9 Å². The Bertz CT molecular complexity index is 2100. The maximum Gasteiger partial charge on any atom is 0.275 e. The number of aryl methyl sites for hydroxylation is 2. The molecule has 4 aromatic rings. The van der Waals surface area contributed by atoms with E-state index in [9.17, 15) is 30.4 Å². The molecule has 11 nitrogen and oxygen atoms in total. The number of fused-ring (bicyclic) bond motifs is 1. The molecule has 0 amide bonds. The fraction of sp³-hybridized carbons (Fsp3) is 0.387. The molecule has 1 aliphatic carbocycles. The van der Waals surface area contributed by atoms with Crippen molar-refractivity contribution in [3.63, 3.8) is 0 Å². The molecule has 0 N–H and O–H groups in total. The number of hydrogen-bond acceptors (Lipinski definition) is 8. The molecule has 2 aromatic heterocycles. The quantitative estimate of drug-likeness (QED) is 0.233. The van der Waals surface area contributed by atoms with E-state index in [-0.39, 0.29) is 29.1 Å². The normalized spacial score (nSPS) is 17.0. The number of benzene rings is 2. The van der Waals surface area contributed by atoms with E-state index in [2.05, 4.69) is 4.90 Å². The molecule has 1 unspecified atom stereocenters. The van der Waals surface area contributed by atoms with Crippen molar-refractivity contribution in [1.29, 1.82) is 0 Å². The molecule has 2 fully saturated rings. The van der Waals surface area contributed by atoms with Crippen LogP contribution in [-0.4, -0.2) is 63.2 Å². The Morgan fingerprint density at radius 3 is 2.33 bits per heavy atom. The van der Waals surface area contributed by atoms with Gasteiger partial charge in [0.15, 0.2) is 0 Å². The molecule has 1 saturated heterocycles. The molecule has 0 radical (unpaired) electrons. The second kappa shape index (κ2) is 11.5. The highest BCUT2D eigenvalue weighted by atomic mass is 32.3. The molecular formula is C31H35N4O7S3-. The molecule has 1 saturated carbocycles. The minimum absolute atomic E-state index is 0.0222. The van der Waals surface area contributed by atoms with Gasteiger partial charge in [-0.25, -0.2) is 20.8 Å². The molecule has 0 bridgehead atoms. The van der Waals surface area contributed by atoms with Crippen LogP contribution in [0.3, 0.4) is 0 Å². The van der Waals surface area contributed by atoms with Gasteiger partial charge >= 0.3 is 0 Å². The van der Waals surface area contributed by atoms with Crippen molar-refractivity contribution in [2.24, 2.45) is 12.5 Å². The molecule has 6 rings (SSSR count). The summed E-state index contributed by atoms with van der Waals surface area (Å²) in [5.41, 5.74) is 3.79. The molecule has 1 spiro atoms. The Kier molecular flexibility index (Phi) is 8.09. The van der Waals surface area contributed by atoms with Crippen LogP contribution < -0.4 is 10.5 Å². The van der Waals surface area contributed by atoms with Crippen LogP contribution in [0.15, 0.2) is 70.6 Å². The molecular weight excluding hydrogens is 637 g/mol. The van der Waals surface area contributed by atoms with Gasteiger partial charge in [-0.1, -0.05) is 23.8 Å². The second-order valence-electron chi connectivity index (χ2n) is 12.1. The van der Waals surface area contributed by atoms with E-state index >= 15 is 0 Å². The van der Waals surface area contributed by atoms with Crippen LogP contribution in [0, 0.1) is 12.3 Å². The smallest absolute Gasteiger partial charge is 0.275 e. The monoisotopic (exact) mass is 671 g/mol. The number of rotatable bonds is 10. The molecule has 14 heteroatoms. The second-order valence-corrected chi connectivity index (χ2v) is 17.2. The van der Waals surface area contributed by atoms with Crippen molar-refractivity contribution in [3.05, 3.63) is 82.4 Å². The van der Waals surface area contributed by atoms with Crippen molar-refractivity contribution < 1.29 is 25.6 Å². The van der Waals surface area contributed by atoms with Crippen molar-refractivity contribution in [1.82, 2.24) is 12.3 Å². The van der Waals surface area contributed by atoms with Gasteiger partial charge in [-0.2, -0.15) is 0 Å². The zero-order valence-electron chi connectivity index (χ0n) is 25.3. The van der Waals surface area contributed by atoms with E-state index in [0.717, 1.165) is 40.3 Å². The van der Waals surface area contributed by atoms with Crippen LogP contribution in [0.4, 0.5) is 5.69 Å². The highest BCUT2D eigenvalue weighted by Crippen LogP contribution is 2.54. The molecule has 45 heavy (non-hydrogen) atoms. The minimum Gasteiger partial charge on any atom is -0.759 e. The molecule has 3 heterocycles. The fourth-order valence-electron chi connectivity index (χ4n) is 6.20. The van der Waals surface area contributed by atoms with Crippen LogP contribution in [0.5, 0.6) is 0 Å². The summed E-state index contributed by atoms with van der Waals surface area (Å²) in [5.74, 6) is -0.347. The summed E-state index contributed by atoms with van der Waals surface area (Å²) in [6.07, 6.45) is 6.65.